The summed E-state index contributed by atoms with van der Waals surface area (Å²) in [6.45, 7) is 5.37. The molecule has 1 atom stereocenters. The Labute approximate surface area is 184 Å². The maximum Gasteiger partial charge on any atom is 0.272 e. The fourth-order valence-electron chi connectivity index (χ4n) is 2.86. The van der Waals surface area contributed by atoms with Crippen molar-refractivity contribution < 1.29 is 28.9 Å². The van der Waals surface area contributed by atoms with Gasteiger partial charge in [0.25, 0.3) is 11.6 Å². The molecule has 0 aliphatic rings. The monoisotopic (exact) mass is 451 g/mol. The molecule has 2 aromatic rings. The van der Waals surface area contributed by atoms with Crippen LogP contribution in [0.25, 0.3) is 0 Å². The van der Waals surface area contributed by atoms with Crippen LogP contribution >= 0.6 is 12.2 Å². The van der Waals surface area contributed by atoms with Crippen LogP contribution in [-0.2, 0) is 15.7 Å². The number of hydroxylamine groups is 1. The Balaban J connectivity index is 2.20. The van der Waals surface area contributed by atoms with Crippen molar-refractivity contribution in [1.29, 1.82) is 0 Å². The van der Waals surface area contributed by atoms with E-state index in [1.165, 1.54) is 10.4 Å². The molecule has 0 saturated carbocycles. The van der Waals surface area contributed by atoms with Gasteiger partial charge in [-0.05, 0) is 42.7 Å². The third kappa shape index (κ3) is 6.82. The first-order valence-electron chi connectivity index (χ1n) is 9.36. The minimum Gasteiger partial charge on any atom is -0.497 e. The highest BCUT2D eigenvalue weighted by molar-refractivity contribution is 7.92. The molecule has 31 heavy (non-hydrogen) atoms. The minimum absolute atomic E-state index is 0.0226. The number of methoxy groups -OCH3 is 1. The maximum absolute atomic E-state index is 12.3. The molecule has 168 valence electrons. The highest BCUT2D eigenvalue weighted by Crippen LogP contribution is 2.28. The van der Waals surface area contributed by atoms with Crippen LogP contribution in [0.5, 0.6) is 11.5 Å². The quantitative estimate of drug-likeness (QED) is 0.131. The van der Waals surface area contributed by atoms with Crippen LogP contribution in [0.1, 0.15) is 25.0 Å². The lowest BCUT2D eigenvalue weighted by Crippen LogP contribution is -2.46. The predicted molar refractivity (Wildman–Crippen MR) is 114 cm³/mol. The number of benzene rings is 2. The zero-order valence-corrected chi connectivity index (χ0v) is 18.4. The SMILES string of the molecule is COc1ccc(OOSN(Cc2ccc(C)c([N+](=O)[O-])c2)[C@@H](C(=O)NO)C(C)C)cc1. The number of nitro benzene ring substituents is 1. The molecule has 2 aromatic carbocycles. The normalized spacial score (nSPS) is 12.0. The van der Waals surface area contributed by atoms with Crippen molar-refractivity contribution in [3.05, 3.63) is 63.7 Å². The molecule has 0 heterocycles. The number of nitro groups is 1. The largest absolute Gasteiger partial charge is 0.497 e. The summed E-state index contributed by atoms with van der Waals surface area (Å²) in [5.74, 6) is 0.204. The van der Waals surface area contributed by atoms with Gasteiger partial charge >= 0.3 is 0 Å². The van der Waals surface area contributed by atoms with Crippen LogP contribution in [0, 0.1) is 23.0 Å². The van der Waals surface area contributed by atoms with Crippen molar-refractivity contribution in [3.8, 4) is 11.5 Å². The van der Waals surface area contributed by atoms with Crippen molar-refractivity contribution in [3.63, 3.8) is 0 Å². The summed E-state index contributed by atoms with van der Waals surface area (Å²) in [5.41, 5.74) is 2.76. The molecule has 0 spiro atoms. The first-order valence-corrected chi connectivity index (χ1v) is 10.1. The van der Waals surface area contributed by atoms with Gasteiger partial charge in [-0.15, -0.1) is 0 Å². The Kier molecular flexibility index (Phi) is 9.06. The maximum atomic E-state index is 12.3. The van der Waals surface area contributed by atoms with Crippen LogP contribution in [0.2, 0.25) is 0 Å². The van der Waals surface area contributed by atoms with E-state index in [9.17, 15) is 14.9 Å². The van der Waals surface area contributed by atoms with Crippen LogP contribution in [0.15, 0.2) is 42.5 Å². The van der Waals surface area contributed by atoms with E-state index in [2.05, 4.69) is 0 Å². The van der Waals surface area contributed by atoms with Crippen molar-refractivity contribution in [2.45, 2.75) is 33.4 Å². The number of hydrogen-bond donors (Lipinski definition) is 2. The van der Waals surface area contributed by atoms with E-state index >= 15 is 0 Å². The molecule has 2 rings (SSSR count). The Morgan fingerprint density at radius 3 is 2.42 bits per heavy atom. The average molecular weight is 452 g/mol. The molecule has 0 aromatic heterocycles. The van der Waals surface area contributed by atoms with Gasteiger partial charge in [0.15, 0.2) is 5.75 Å². The fraction of sp³-hybridized carbons (Fsp3) is 0.350. The molecule has 10 nitrogen and oxygen atoms in total. The summed E-state index contributed by atoms with van der Waals surface area (Å²) >= 11 is 0.758. The Morgan fingerprint density at radius 2 is 1.87 bits per heavy atom. The molecule has 0 aliphatic heterocycles. The van der Waals surface area contributed by atoms with E-state index in [1.54, 1.807) is 69.8 Å². The summed E-state index contributed by atoms with van der Waals surface area (Å²) in [6, 6.07) is 10.7. The lowest BCUT2D eigenvalue weighted by atomic mass is 10.0. The number of nitrogens with zero attached hydrogens (tertiary/aromatic N) is 2. The molecular weight excluding hydrogens is 426 g/mol. The van der Waals surface area contributed by atoms with E-state index in [0.717, 1.165) is 12.2 Å². The number of aryl methyl sites for hydroxylation is 1. The Morgan fingerprint density at radius 1 is 1.23 bits per heavy atom. The van der Waals surface area contributed by atoms with E-state index in [0.29, 0.717) is 22.6 Å². The molecule has 1 amide bonds. The van der Waals surface area contributed by atoms with Crippen LogP contribution in [0.3, 0.4) is 0 Å². The number of ether oxygens (including phenoxy) is 1. The van der Waals surface area contributed by atoms with Crippen LogP contribution in [-0.4, -0.2) is 33.5 Å². The molecule has 2 N–H and O–H groups in total. The third-order valence-corrected chi connectivity index (χ3v) is 5.12. The number of hydrogen-bond acceptors (Lipinski definition) is 9. The van der Waals surface area contributed by atoms with Crippen molar-refractivity contribution in [2.75, 3.05) is 7.11 Å². The highest BCUT2D eigenvalue weighted by Gasteiger charge is 2.31. The van der Waals surface area contributed by atoms with Gasteiger partial charge in [0.05, 0.1) is 12.0 Å². The van der Waals surface area contributed by atoms with E-state index in [-0.39, 0.29) is 18.2 Å². The second-order valence-electron chi connectivity index (χ2n) is 7.02. The second-order valence-corrected chi connectivity index (χ2v) is 7.77. The Bertz CT molecular complexity index is 893. The molecule has 0 aliphatic carbocycles. The number of nitrogens with one attached hydrogen (secondary N) is 1. The van der Waals surface area contributed by atoms with Gasteiger partial charge in [-0.2, -0.15) is 0 Å². The number of amides is 1. The summed E-state index contributed by atoms with van der Waals surface area (Å²) < 4.78 is 11.9. The average Bonchev–Trinajstić information content (AvgIpc) is 2.74. The fourth-order valence-corrected chi connectivity index (χ4v) is 3.68. The van der Waals surface area contributed by atoms with Gasteiger partial charge in [-0.25, -0.2) is 9.79 Å². The van der Waals surface area contributed by atoms with Crippen molar-refractivity contribution in [2.24, 2.45) is 5.92 Å². The smallest absolute Gasteiger partial charge is 0.272 e. The minimum atomic E-state index is -0.810. The standard InChI is InChI=1S/C20H25N3O7S/c1-13(2)19(20(24)21-25)22(12-15-6-5-14(3)18(11-15)23(26)27)31-30-29-17-9-7-16(28-4)8-10-17/h5-11,13,19,25H,12H2,1-4H3,(H,21,24)/t19-/m1/s1. The topological polar surface area (TPSA) is 123 Å². The first kappa shape index (κ1) is 24.4. The van der Waals surface area contributed by atoms with Crippen LogP contribution in [0.4, 0.5) is 5.69 Å². The Hall–Kier alpha value is -2.86. The number of rotatable bonds is 11. The molecule has 11 heteroatoms. The van der Waals surface area contributed by atoms with Gasteiger partial charge < -0.3 is 9.62 Å². The molecule has 0 unspecified atom stereocenters. The molecular formula is C20H25N3O7S. The van der Waals surface area contributed by atoms with Gasteiger partial charge in [0.2, 0.25) is 0 Å². The summed E-state index contributed by atoms with van der Waals surface area (Å²) in [7, 11) is 1.55. The molecule has 0 radical (unpaired) electrons. The molecule has 0 bridgehead atoms. The lowest BCUT2D eigenvalue weighted by molar-refractivity contribution is -0.385. The highest BCUT2D eigenvalue weighted by atomic mass is 32.2. The summed E-state index contributed by atoms with van der Waals surface area (Å²) in [5, 5.41) is 20.4. The number of carbonyl (C=O) groups excluding carboxylic acids is 1. The second kappa shape index (κ2) is 11.5. The number of carbonyl (C=O) groups is 1. The van der Waals surface area contributed by atoms with Gasteiger partial charge in [-0.3, -0.25) is 20.1 Å². The van der Waals surface area contributed by atoms with Gasteiger partial charge in [0.1, 0.15) is 24.0 Å². The summed E-state index contributed by atoms with van der Waals surface area (Å²) in [4.78, 5) is 28.4. The summed E-state index contributed by atoms with van der Waals surface area (Å²) in [6.07, 6.45) is 0. The van der Waals surface area contributed by atoms with Crippen molar-refractivity contribution in [1.82, 2.24) is 9.79 Å². The third-order valence-electron chi connectivity index (χ3n) is 4.45. The van der Waals surface area contributed by atoms with Crippen LogP contribution < -0.4 is 15.1 Å². The lowest BCUT2D eigenvalue weighted by Gasteiger charge is -2.30. The van der Waals surface area contributed by atoms with E-state index in [1.807, 2.05) is 0 Å². The molecule has 0 fully saturated rings. The predicted octanol–water partition coefficient (Wildman–Crippen LogP) is 3.82. The van der Waals surface area contributed by atoms with Gasteiger partial charge in [0, 0.05) is 18.2 Å². The zero-order valence-electron chi connectivity index (χ0n) is 17.6. The zero-order chi connectivity index (χ0) is 23.0. The van der Waals surface area contributed by atoms with E-state index < -0.39 is 16.9 Å². The van der Waals surface area contributed by atoms with E-state index in [4.69, 9.17) is 19.2 Å². The molecule has 0 saturated heterocycles. The first-order chi connectivity index (χ1) is 14.8. The van der Waals surface area contributed by atoms with Crippen molar-refractivity contribution >= 4 is 23.8 Å². The van der Waals surface area contributed by atoms with Gasteiger partial charge in [-0.1, -0.05) is 30.3 Å².